The quantitative estimate of drug-likeness (QED) is 0.139. The number of imidazole rings is 1. The lowest BCUT2D eigenvalue weighted by molar-refractivity contribution is -0.137. The largest absolute Gasteiger partial charge is 0.453 e. The molecule has 4 atom stereocenters. The summed E-state index contributed by atoms with van der Waals surface area (Å²) < 4.78 is 48.2. The smallest absolute Gasteiger partial charge is 0.417 e. The van der Waals surface area contributed by atoms with Crippen LogP contribution in [0.1, 0.15) is 68.3 Å². The second-order valence-corrected chi connectivity index (χ2v) is 14.8. The van der Waals surface area contributed by atoms with Gasteiger partial charge < -0.3 is 35.5 Å². The molecule has 16 heteroatoms. The maximum Gasteiger partial charge on any atom is 0.417 e. The van der Waals surface area contributed by atoms with Crippen molar-refractivity contribution < 1.29 is 32.3 Å². The Kier molecular flexibility index (Phi) is 11.7. The molecule has 0 saturated carbocycles. The number of likely N-dealkylation sites (tertiary alicyclic amines) is 1. The van der Waals surface area contributed by atoms with E-state index in [0.29, 0.717) is 35.9 Å². The number of aromatic nitrogens is 3. The van der Waals surface area contributed by atoms with Crippen molar-refractivity contribution in [2.24, 2.45) is 5.92 Å². The van der Waals surface area contributed by atoms with Gasteiger partial charge in [-0.3, -0.25) is 9.59 Å². The summed E-state index contributed by atoms with van der Waals surface area (Å²) in [5.41, 5.74) is 0.406. The Hall–Kier alpha value is -5.15. The number of methoxy groups -OCH3 is 1. The summed E-state index contributed by atoms with van der Waals surface area (Å²) in [4.78, 5) is 54.7. The van der Waals surface area contributed by atoms with E-state index in [4.69, 9.17) is 16.3 Å². The first-order valence-electron chi connectivity index (χ1n) is 18.1. The Bertz CT molecular complexity index is 2020. The Morgan fingerprint density at radius 1 is 1.02 bits per heavy atom. The lowest BCUT2D eigenvalue weighted by Gasteiger charge is -2.38. The van der Waals surface area contributed by atoms with Crippen LogP contribution in [-0.2, 0) is 15.7 Å². The van der Waals surface area contributed by atoms with Crippen molar-refractivity contribution in [1.82, 2.24) is 30.5 Å². The highest BCUT2D eigenvalue weighted by Crippen LogP contribution is 2.42. The zero-order valence-electron chi connectivity index (χ0n) is 31.1. The van der Waals surface area contributed by atoms with Gasteiger partial charge in [0.1, 0.15) is 17.7 Å². The van der Waals surface area contributed by atoms with E-state index < -0.39 is 29.8 Å². The number of H-pyrrole nitrogens is 1. The third kappa shape index (κ3) is 8.73. The van der Waals surface area contributed by atoms with Gasteiger partial charge in [-0.15, -0.1) is 0 Å². The zero-order chi connectivity index (χ0) is 39.6. The van der Waals surface area contributed by atoms with Gasteiger partial charge in [-0.25, -0.2) is 14.8 Å². The van der Waals surface area contributed by atoms with Gasteiger partial charge in [-0.05, 0) is 73.6 Å². The molecule has 4 heterocycles. The zero-order valence-corrected chi connectivity index (χ0v) is 31.9. The molecule has 292 valence electrons. The second-order valence-electron chi connectivity index (χ2n) is 14.4. The van der Waals surface area contributed by atoms with Crippen LogP contribution in [0.3, 0.4) is 0 Å². The van der Waals surface area contributed by atoms with E-state index in [-0.39, 0.29) is 57.4 Å². The molecular weight excluding hydrogens is 737 g/mol. The second kappa shape index (κ2) is 16.3. The van der Waals surface area contributed by atoms with E-state index in [1.807, 2.05) is 13.8 Å². The number of pyridine rings is 1. The van der Waals surface area contributed by atoms with Gasteiger partial charge in [0.15, 0.2) is 0 Å². The van der Waals surface area contributed by atoms with Gasteiger partial charge in [0.05, 0.1) is 46.9 Å². The molecule has 2 aliphatic rings. The molecule has 0 unspecified atom stereocenters. The van der Waals surface area contributed by atoms with Crippen LogP contribution >= 0.6 is 11.6 Å². The maximum atomic E-state index is 14.5. The molecule has 12 nitrogen and oxygen atoms in total. The molecule has 2 aliphatic heterocycles. The highest BCUT2D eigenvalue weighted by Gasteiger charge is 2.38. The summed E-state index contributed by atoms with van der Waals surface area (Å²) in [6, 6.07) is 11.1. The Balaban J connectivity index is 1.18. The van der Waals surface area contributed by atoms with E-state index in [1.165, 1.54) is 19.4 Å². The van der Waals surface area contributed by atoms with Crippen LogP contribution in [0.5, 0.6) is 0 Å². The van der Waals surface area contributed by atoms with E-state index in [9.17, 15) is 27.6 Å². The summed E-state index contributed by atoms with van der Waals surface area (Å²) in [6.45, 7) is 9.85. The normalized spacial score (nSPS) is 19.3. The molecule has 2 aromatic carbocycles. The van der Waals surface area contributed by atoms with Crippen LogP contribution in [0, 0.1) is 5.92 Å². The first-order chi connectivity index (χ1) is 26.1. The van der Waals surface area contributed by atoms with Gasteiger partial charge >= 0.3 is 12.3 Å². The third-order valence-corrected chi connectivity index (χ3v) is 10.4. The molecule has 4 N–H and O–H groups in total. The lowest BCUT2D eigenvalue weighted by atomic mass is 9.97. The lowest BCUT2D eigenvalue weighted by Crippen LogP contribution is -2.54. The number of hydrogen-bond acceptors (Lipinski definition) is 8. The molecule has 4 aromatic rings. The van der Waals surface area contributed by atoms with E-state index >= 15 is 0 Å². The van der Waals surface area contributed by atoms with Gasteiger partial charge in [-0.2, -0.15) is 13.2 Å². The van der Waals surface area contributed by atoms with Crippen LogP contribution in [0.25, 0.3) is 22.4 Å². The van der Waals surface area contributed by atoms with Gasteiger partial charge in [0.25, 0.3) is 5.91 Å². The highest BCUT2D eigenvalue weighted by molar-refractivity contribution is 6.34. The summed E-state index contributed by atoms with van der Waals surface area (Å²) in [5, 5.41) is 8.49. The van der Waals surface area contributed by atoms with Crippen LogP contribution in [0.4, 0.5) is 29.5 Å². The monoisotopic (exact) mass is 780 g/mol. The number of ether oxygens (including phenoxy) is 1. The van der Waals surface area contributed by atoms with E-state index in [2.05, 4.69) is 49.6 Å². The summed E-state index contributed by atoms with van der Waals surface area (Å²) in [6.07, 6.45) is -1.03. The minimum Gasteiger partial charge on any atom is -0.453 e. The molecule has 2 fully saturated rings. The van der Waals surface area contributed by atoms with Crippen LogP contribution in [0.2, 0.25) is 5.02 Å². The van der Waals surface area contributed by atoms with Crippen molar-refractivity contribution in [3.8, 4) is 22.4 Å². The average Bonchev–Trinajstić information content (AvgIpc) is 3.85. The first kappa shape index (κ1) is 39.5. The standard InChI is InChI=1S/C39H44ClF3N8O4/c1-21(2)34(49-38(54)55-5)37(53)50-14-6-7-32(50)35-46-19-31(47-35)25-10-8-24(9-11-25)27-15-29(40)30(16-28(27)39(41,42)43)48-36(52)26-12-13-33(45-18-26)51-20-22(3)44-17-23(51)4/h8-13,15-16,18-19,21-23,32,34,44H,6-7,14,17,20H2,1-5H3,(H,46,47)(H,48,52)(H,49,54)/t22-,23+,32-,34-/m0/s1. The molecule has 55 heavy (non-hydrogen) atoms. The number of amides is 3. The summed E-state index contributed by atoms with van der Waals surface area (Å²) in [7, 11) is 1.24. The van der Waals surface area contributed by atoms with Crippen molar-refractivity contribution >= 4 is 41.0 Å². The van der Waals surface area contributed by atoms with Crippen molar-refractivity contribution in [3.63, 3.8) is 0 Å². The number of hydrogen-bond donors (Lipinski definition) is 4. The van der Waals surface area contributed by atoms with Crippen molar-refractivity contribution in [1.29, 1.82) is 0 Å². The van der Waals surface area contributed by atoms with Gasteiger partial charge in [0, 0.05) is 37.9 Å². The Labute approximate surface area is 322 Å². The van der Waals surface area contributed by atoms with Crippen molar-refractivity contribution in [2.45, 2.75) is 70.9 Å². The number of piperazine rings is 1. The molecule has 2 saturated heterocycles. The van der Waals surface area contributed by atoms with Gasteiger partial charge in [0.2, 0.25) is 5.91 Å². The van der Waals surface area contributed by atoms with E-state index in [1.54, 1.807) is 47.5 Å². The molecule has 0 bridgehead atoms. The SMILES string of the molecule is COC(=O)N[C@H](C(=O)N1CCC[C@H]1c1ncc(-c2ccc(-c3cc(Cl)c(NC(=O)c4ccc(N5C[C@H](C)NC[C@H]5C)nc4)cc3C(F)(F)F)cc2)[nH]1)C(C)C. The topological polar surface area (TPSA) is 145 Å². The average molecular weight is 781 g/mol. The third-order valence-electron chi connectivity index (χ3n) is 10.1. The Morgan fingerprint density at radius 2 is 1.75 bits per heavy atom. The number of anilines is 2. The fourth-order valence-corrected chi connectivity index (χ4v) is 7.25. The minimum atomic E-state index is -4.76. The number of carbonyl (C=O) groups excluding carboxylic acids is 3. The fourth-order valence-electron chi connectivity index (χ4n) is 7.04. The van der Waals surface area contributed by atoms with Crippen LogP contribution in [-0.4, -0.2) is 82.6 Å². The molecule has 0 spiro atoms. The number of nitrogens with zero attached hydrogens (tertiary/aromatic N) is 4. The van der Waals surface area contributed by atoms with E-state index in [0.717, 1.165) is 25.6 Å². The minimum absolute atomic E-state index is 0.0657. The molecule has 0 aliphatic carbocycles. The number of alkyl halides is 3. The van der Waals surface area contributed by atoms with Crippen molar-refractivity contribution in [3.05, 3.63) is 82.9 Å². The number of carbonyl (C=O) groups is 3. The molecule has 6 rings (SSSR count). The number of halogens is 4. The molecular formula is C39H44ClF3N8O4. The predicted octanol–water partition coefficient (Wildman–Crippen LogP) is 7.29. The maximum absolute atomic E-state index is 14.5. The first-order valence-corrected chi connectivity index (χ1v) is 18.5. The summed E-state index contributed by atoms with van der Waals surface area (Å²) in [5.74, 6) is 0.199. The fraction of sp³-hybridized carbons (Fsp3) is 0.410. The summed E-state index contributed by atoms with van der Waals surface area (Å²) >= 11 is 6.51. The van der Waals surface area contributed by atoms with Crippen molar-refractivity contribution in [2.75, 3.05) is 37.0 Å². The molecule has 2 aromatic heterocycles. The Morgan fingerprint density at radius 3 is 2.40 bits per heavy atom. The molecule has 0 radical (unpaired) electrons. The number of rotatable bonds is 9. The van der Waals surface area contributed by atoms with Gasteiger partial charge in [-0.1, -0.05) is 49.7 Å². The van der Waals surface area contributed by atoms with Crippen LogP contribution < -0.4 is 20.9 Å². The number of alkyl carbamates (subject to hydrolysis) is 1. The predicted molar refractivity (Wildman–Crippen MR) is 204 cm³/mol. The molecule has 3 amide bonds. The highest BCUT2D eigenvalue weighted by atomic mass is 35.5. The van der Waals surface area contributed by atoms with Crippen LogP contribution in [0.15, 0.2) is 60.9 Å². The number of aromatic amines is 1. The number of benzene rings is 2. The number of nitrogens with one attached hydrogen (secondary N) is 4.